The van der Waals surface area contributed by atoms with Crippen molar-refractivity contribution in [2.45, 2.75) is 13.0 Å². The molecule has 0 spiro atoms. The Morgan fingerprint density at radius 1 is 1.24 bits per heavy atom. The lowest BCUT2D eigenvalue weighted by Crippen LogP contribution is -3.00. The molecule has 0 amide bonds. The molecule has 1 aromatic rings. The lowest BCUT2D eigenvalue weighted by atomic mass is 10.0. The van der Waals surface area contributed by atoms with Crippen LogP contribution in [0.15, 0.2) is 30.3 Å². The zero-order valence-electron chi connectivity index (χ0n) is 10.8. The summed E-state index contributed by atoms with van der Waals surface area (Å²) in [6, 6.07) is 9.49. The van der Waals surface area contributed by atoms with E-state index in [9.17, 15) is 4.79 Å². The number of carbonyl (C=O) groups excluding carboxylic acids is 1. The topological polar surface area (TPSA) is 26.3 Å². The molecule has 1 aromatic carbocycles. The number of hydrogen-bond donors (Lipinski definition) is 0. The summed E-state index contributed by atoms with van der Waals surface area (Å²) in [6.07, 6.45) is 0. The lowest BCUT2D eigenvalue weighted by Gasteiger charge is -2.32. The van der Waals surface area contributed by atoms with Gasteiger partial charge in [-0.3, -0.25) is 0 Å². The van der Waals surface area contributed by atoms with Gasteiger partial charge in [-0.05, 0) is 6.92 Å². The third kappa shape index (κ3) is 4.36. The Morgan fingerprint density at radius 3 is 2.18 bits per heavy atom. The summed E-state index contributed by atoms with van der Waals surface area (Å²) in [5, 5.41) is 0. The number of hydrogen-bond acceptors (Lipinski definition) is 2. The summed E-state index contributed by atoms with van der Waals surface area (Å²) in [4.78, 5) is 12.0. The van der Waals surface area contributed by atoms with Crippen LogP contribution in [0.3, 0.4) is 0 Å². The van der Waals surface area contributed by atoms with Crippen LogP contribution in [0.25, 0.3) is 0 Å². The minimum atomic E-state index is -0.263. The third-order valence-electron chi connectivity index (χ3n) is 2.40. The number of nitrogens with zero attached hydrogens (tertiary/aromatic N) is 1. The quantitative estimate of drug-likeness (QED) is 0.511. The second-order valence-corrected chi connectivity index (χ2v) is 4.68. The molecule has 0 aliphatic rings. The summed E-state index contributed by atoms with van der Waals surface area (Å²) < 4.78 is 5.66. The minimum absolute atomic E-state index is 0. The van der Waals surface area contributed by atoms with E-state index in [0.717, 1.165) is 5.56 Å². The van der Waals surface area contributed by atoms with E-state index in [4.69, 9.17) is 4.74 Å². The number of quaternary nitrogens is 1. The number of carbonyl (C=O) groups is 1. The van der Waals surface area contributed by atoms with Gasteiger partial charge in [0.15, 0.2) is 0 Å². The first-order chi connectivity index (χ1) is 7.46. The second-order valence-electron chi connectivity index (χ2n) is 4.68. The maximum Gasteiger partial charge on any atom is 0.369 e. The molecule has 0 heterocycles. The molecule has 3 nitrogen and oxygen atoms in total. The molecule has 4 heteroatoms. The zero-order valence-corrected chi connectivity index (χ0v) is 11.6. The van der Waals surface area contributed by atoms with Crippen LogP contribution in [0.4, 0.5) is 0 Å². The number of benzene rings is 1. The van der Waals surface area contributed by atoms with Crippen molar-refractivity contribution in [3.8, 4) is 0 Å². The van der Waals surface area contributed by atoms with Crippen molar-refractivity contribution in [1.29, 1.82) is 0 Å². The van der Waals surface area contributed by atoms with Crippen molar-refractivity contribution in [3.05, 3.63) is 35.9 Å². The smallest absolute Gasteiger partial charge is 0.369 e. The van der Waals surface area contributed by atoms with E-state index in [1.807, 2.05) is 58.4 Å². The zero-order chi connectivity index (χ0) is 12.2. The molecule has 0 aromatic heterocycles. The van der Waals surface area contributed by atoms with Gasteiger partial charge in [0.05, 0.1) is 27.7 Å². The molecule has 0 radical (unpaired) electrons. The average molecular weight is 258 g/mol. The summed E-state index contributed by atoms with van der Waals surface area (Å²) in [7, 11) is 5.98. The number of rotatable bonds is 4. The Balaban J connectivity index is 0.00000256. The highest BCUT2D eigenvalue weighted by Crippen LogP contribution is 2.24. The Morgan fingerprint density at radius 2 is 1.76 bits per heavy atom. The average Bonchev–Trinajstić information content (AvgIpc) is 2.17. The van der Waals surface area contributed by atoms with E-state index in [0.29, 0.717) is 11.1 Å². The van der Waals surface area contributed by atoms with Crippen LogP contribution < -0.4 is 12.4 Å². The summed E-state index contributed by atoms with van der Waals surface area (Å²) in [5.74, 6) is -0.166. The lowest BCUT2D eigenvalue weighted by molar-refractivity contribution is -0.893. The molecule has 1 unspecified atom stereocenters. The highest BCUT2D eigenvalue weighted by Gasteiger charge is 2.34. The molecule has 0 fully saturated rings. The van der Waals surface area contributed by atoms with Crippen molar-refractivity contribution in [2.75, 3.05) is 27.7 Å². The Labute approximate surface area is 109 Å². The molecule has 17 heavy (non-hydrogen) atoms. The van der Waals surface area contributed by atoms with Crippen LogP contribution in [0.5, 0.6) is 0 Å². The Kier molecular flexibility index (Phi) is 6.21. The van der Waals surface area contributed by atoms with E-state index in [-0.39, 0.29) is 24.4 Å². The molecular weight excluding hydrogens is 238 g/mol. The highest BCUT2D eigenvalue weighted by atomic mass is 35.5. The molecule has 1 atom stereocenters. The molecule has 96 valence electrons. The first-order valence-corrected chi connectivity index (χ1v) is 5.49. The molecule has 0 N–H and O–H groups in total. The molecule has 0 bridgehead atoms. The van der Waals surface area contributed by atoms with Crippen molar-refractivity contribution < 1.29 is 26.4 Å². The van der Waals surface area contributed by atoms with Crippen LogP contribution in [0, 0.1) is 0 Å². The first-order valence-electron chi connectivity index (χ1n) is 5.49. The van der Waals surface area contributed by atoms with Crippen LogP contribution in [0.1, 0.15) is 18.5 Å². The van der Waals surface area contributed by atoms with Gasteiger partial charge in [-0.2, -0.15) is 0 Å². The van der Waals surface area contributed by atoms with Gasteiger partial charge >= 0.3 is 5.97 Å². The molecule has 0 saturated carbocycles. The van der Waals surface area contributed by atoms with Gasteiger partial charge in [-0.15, -0.1) is 0 Å². The van der Waals surface area contributed by atoms with Crippen molar-refractivity contribution in [1.82, 2.24) is 0 Å². The predicted octanol–water partition coefficient (Wildman–Crippen LogP) is -0.999. The van der Waals surface area contributed by atoms with Gasteiger partial charge in [0.1, 0.15) is 0 Å². The van der Waals surface area contributed by atoms with E-state index in [1.54, 1.807) is 0 Å². The SMILES string of the molecule is CCOC(=O)C(c1ccccc1)[N+](C)(C)C.[Cl-]. The van der Waals surface area contributed by atoms with Crippen molar-refractivity contribution in [3.63, 3.8) is 0 Å². The van der Waals surface area contributed by atoms with E-state index in [1.165, 1.54) is 0 Å². The maximum absolute atomic E-state index is 12.0. The van der Waals surface area contributed by atoms with Gasteiger partial charge in [-0.1, -0.05) is 30.3 Å². The number of halogens is 1. The van der Waals surface area contributed by atoms with Gasteiger partial charge in [-0.25, -0.2) is 4.79 Å². The van der Waals surface area contributed by atoms with Crippen LogP contribution in [-0.4, -0.2) is 38.2 Å². The number of esters is 1. The number of ether oxygens (including phenoxy) is 1. The fourth-order valence-corrected chi connectivity index (χ4v) is 1.76. The third-order valence-corrected chi connectivity index (χ3v) is 2.40. The van der Waals surface area contributed by atoms with Crippen molar-refractivity contribution >= 4 is 5.97 Å². The number of likely N-dealkylation sites (N-methyl/N-ethyl adjacent to an activating group) is 1. The summed E-state index contributed by atoms with van der Waals surface area (Å²) >= 11 is 0. The van der Waals surface area contributed by atoms with Crippen molar-refractivity contribution in [2.24, 2.45) is 0 Å². The van der Waals surface area contributed by atoms with Gasteiger partial charge < -0.3 is 21.6 Å². The summed E-state index contributed by atoms with van der Waals surface area (Å²) in [6.45, 7) is 2.25. The minimum Gasteiger partial charge on any atom is -1.00 e. The van der Waals surface area contributed by atoms with Crippen LogP contribution in [-0.2, 0) is 9.53 Å². The summed E-state index contributed by atoms with van der Waals surface area (Å²) in [5.41, 5.74) is 0.994. The monoisotopic (exact) mass is 257 g/mol. The standard InChI is InChI=1S/C13H20NO2.ClH/c1-5-16-13(15)12(14(2,3)4)11-9-7-6-8-10-11;/h6-10,12H,5H2,1-4H3;1H/q+1;/p-1. The van der Waals surface area contributed by atoms with Gasteiger partial charge in [0, 0.05) is 5.56 Å². The molecule has 0 aliphatic heterocycles. The largest absolute Gasteiger partial charge is 1.00 e. The molecule has 0 saturated heterocycles. The van der Waals surface area contributed by atoms with E-state index >= 15 is 0 Å². The Hall–Kier alpha value is -1.06. The molecule has 0 aliphatic carbocycles. The predicted molar refractivity (Wildman–Crippen MR) is 63.8 cm³/mol. The van der Waals surface area contributed by atoms with Gasteiger partial charge in [0.25, 0.3) is 0 Å². The van der Waals surface area contributed by atoms with Gasteiger partial charge in [0.2, 0.25) is 6.04 Å². The van der Waals surface area contributed by atoms with Crippen LogP contribution in [0.2, 0.25) is 0 Å². The first kappa shape index (κ1) is 15.9. The Bertz CT molecular complexity index is 346. The molecular formula is C13H20ClNO2. The second kappa shape index (κ2) is 6.62. The normalized spacial score (nSPS) is 12.5. The fourth-order valence-electron chi connectivity index (χ4n) is 1.76. The van der Waals surface area contributed by atoms with E-state index in [2.05, 4.69) is 0 Å². The molecule has 1 rings (SSSR count). The van der Waals surface area contributed by atoms with E-state index < -0.39 is 0 Å². The maximum atomic E-state index is 12.0. The fraction of sp³-hybridized carbons (Fsp3) is 0.462. The highest BCUT2D eigenvalue weighted by molar-refractivity contribution is 5.76. The van der Waals surface area contributed by atoms with Crippen LogP contribution >= 0.6 is 0 Å².